The van der Waals surface area contributed by atoms with Crippen LogP contribution in [0, 0.1) is 6.92 Å². The van der Waals surface area contributed by atoms with E-state index < -0.39 is 22.9 Å². The molecule has 1 fully saturated rings. The van der Waals surface area contributed by atoms with Crippen molar-refractivity contribution < 1.29 is 18.0 Å². The van der Waals surface area contributed by atoms with E-state index in [1.54, 1.807) is 17.0 Å². The summed E-state index contributed by atoms with van der Waals surface area (Å²) in [6.45, 7) is 5.70. The summed E-state index contributed by atoms with van der Waals surface area (Å²) in [6, 6.07) is 4.44. The van der Waals surface area contributed by atoms with Gasteiger partial charge in [-0.3, -0.25) is 14.4 Å². The predicted octanol–water partition coefficient (Wildman–Crippen LogP) is 5.08. The zero-order chi connectivity index (χ0) is 22.2. The molecule has 1 aromatic carbocycles. The SMILES string of the molecule is Cc1c(Cl)c(C(F)(F)F)nn1C(C)C(=O)N1CCN(Cc2ccc(Cl)cc2Cl)CC1. The molecule has 1 aliphatic heterocycles. The van der Waals surface area contributed by atoms with Crippen LogP contribution < -0.4 is 0 Å². The van der Waals surface area contributed by atoms with E-state index >= 15 is 0 Å². The van der Waals surface area contributed by atoms with E-state index in [4.69, 9.17) is 34.8 Å². The number of piperazine rings is 1. The summed E-state index contributed by atoms with van der Waals surface area (Å²) in [4.78, 5) is 16.7. The minimum Gasteiger partial charge on any atom is -0.338 e. The van der Waals surface area contributed by atoms with Gasteiger partial charge in [0.05, 0.1) is 10.7 Å². The maximum Gasteiger partial charge on any atom is 0.436 e. The Labute approximate surface area is 187 Å². The first-order valence-electron chi connectivity index (χ1n) is 9.26. The van der Waals surface area contributed by atoms with Crippen LogP contribution >= 0.6 is 34.8 Å². The average molecular weight is 484 g/mol. The molecule has 1 aromatic heterocycles. The van der Waals surface area contributed by atoms with E-state index in [9.17, 15) is 18.0 Å². The van der Waals surface area contributed by atoms with Crippen molar-refractivity contribution in [3.8, 4) is 0 Å². The molecule has 1 unspecified atom stereocenters. The van der Waals surface area contributed by atoms with Crippen LogP contribution in [0.3, 0.4) is 0 Å². The minimum absolute atomic E-state index is 0.112. The molecule has 5 nitrogen and oxygen atoms in total. The highest BCUT2D eigenvalue weighted by Crippen LogP contribution is 2.36. The molecular weight excluding hydrogens is 464 g/mol. The number of hydrogen-bond acceptors (Lipinski definition) is 3. The third-order valence-corrected chi connectivity index (χ3v) is 6.20. The smallest absolute Gasteiger partial charge is 0.338 e. The third kappa shape index (κ3) is 4.88. The Morgan fingerprint density at radius 1 is 1.17 bits per heavy atom. The standard InChI is InChI=1S/C19H20Cl3F3N4O/c1-11-16(22)17(19(23,24)25)26-29(11)12(2)18(30)28-7-5-27(6-8-28)10-13-3-4-14(20)9-15(13)21/h3-4,9,12H,5-8,10H2,1-2H3. The highest BCUT2D eigenvalue weighted by Gasteiger charge is 2.39. The maximum atomic E-state index is 13.1. The number of amides is 1. The summed E-state index contributed by atoms with van der Waals surface area (Å²) < 4.78 is 40.2. The molecule has 1 aliphatic rings. The van der Waals surface area contributed by atoms with E-state index in [1.165, 1.54) is 13.8 Å². The summed E-state index contributed by atoms with van der Waals surface area (Å²) in [7, 11) is 0. The van der Waals surface area contributed by atoms with Gasteiger partial charge in [0.1, 0.15) is 6.04 Å². The summed E-state index contributed by atoms with van der Waals surface area (Å²) in [5, 5.41) is 4.23. The molecule has 0 saturated carbocycles. The first-order chi connectivity index (χ1) is 14.0. The van der Waals surface area contributed by atoms with Gasteiger partial charge >= 0.3 is 6.18 Å². The van der Waals surface area contributed by atoms with Gasteiger partial charge in [-0.05, 0) is 31.5 Å². The van der Waals surface area contributed by atoms with Crippen molar-refractivity contribution in [2.45, 2.75) is 32.6 Å². The van der Waals surface area contributed by atoms with Crippen LogP contribution in [0.15, 0.2) is 18.2 Å². The fourth-order valence-electron chi connectivity index (χ4n) is 3.44. The molecule has 0 N–H and O–H groups in total. The van der Waals surface area contributed by atoms with Crippen LogP contribution in [-0.4, -0.2) is 51.7 Å². The second-order valence-electron chi connectivity index (χ2n) is 7.20. The molecule has 0 spiro atoms. The summed E-state index contributed by atoms with van der Waals surface area (Å²) in [5.74, 6) is -0.296. The zero-order valence-corrected chi connectivity index (χ0v) is 18.6. The molecule has 0 radical (unpaired) electrons. The lowest BCUT2D eigenvalue weighted by molar-refractivity contribution is -0.142. The highest BCUT2D eigenvalue weighted by molar-refractivity contribution is 6.35. The lowest BCUT2D eigenvalue weighted by Gasteiger charge is -2.36. The largest absolute Gasteiger partial charge is 0.436 e. The van der Waals surface area contributed by atoms with Crippen molar-refractivity contribution >= 4 is 40.7 Å². The number of benzene rings is 1. The molecule has 3 rings (SSSR count). The van der Waals surface area contributed by atoms with Gasteiger partial charge in [0.25, 0.3) is 0 Å². The quantitative estimate of drug-likeness (QED) is 0.609. The van der Waals surface area contributed by atoms with E-state index in [2.05, 4.69) is 10.00 Å². The van der Waals surface area contributed by atoms with Crippen LogP contribution in [0.5, 0.6) is 0 Å². The van der Waals surface area contributed by atoms with Gasteiger partial charge in [0, 0.05) is 42.8 Å². The Hall–Kier alpha value is -1.48. The fourth-order valence-corrected chi connectivity index (χ4v) is 4.14. The van der Waals surface area contributed by atoms with Crippen LogP contribution in [0.4, 0.5) is 13.2 Å². The molecule has 2 heterocycles. The normalized spacial score (nSPS) is 16.7. The summed E-state index contributed by atoms with van der Waals surface area (Å²) in [5.41, 5.74) is -0.123. The van der Waals surface area contributed by atoms with Crippen molar-refractivity contribution in [3.05, 3.63) is 50.2 Å². The molecule has 30 heavy (non-hydrogen) atoms. The second-order valence-corrected chi connectivity index (χ2v) is 8.43. The molecular formula is C19H20Cl3F3N4O. The van der Waals surface area contributed by atoms with E-state index in [-0.39, 0.29) is 11.6 Å². The monoisotopic (exact) mass is 482 g/mol. The molecule has 0 bridgehead atoms. The Kier molecular flexibility index (Phi) is 6.91. The number of carbonyl (C=O) groups excluding carboxylic acids is 1. The first-order valence-corrected chi connectivity index (χ1v) is 10.4. The molecule has 2 aromatic rings. The fraction of sp³-hybridized carbons (Fsp3) is 0.474. The molecule has 164 valence electrons. The Balaban J connectivity index is 1.64. The third-order valence-electron chi connectivity index (χ3n) is 5.16. The van der Waals surface area contributed by atoms with E-state index in [1.807, 2.05) is 6.07 Å². The number of nitrogens with zero attached hydrogens (tertiary/aromatic N) is 4. The Morgan fingerprint density at radius 2 is 1.80 bits per heavy atom. The lowest BCUT2D eigenvalue weighted by atomic mass is 10.2. The first kappa shape index (κ1) is 23.2. The number of hydrogen-bond donors (Lipinski definition) is 0. The summed E-state index contributed by atoms with van der Waals surface area (Å²) in [6.07, 6.45) is -4.68. The van der Waals surface area contributed by atoms with Gasteiger partial charge < -0.3 is 4.90 Å². The summed E-state index contributed by atoms with van der Waals surface area (Å²) >= 11 is 17.9. The average Bonchev–Trinajstić information content (AvgIpc) is 2.99. The van der Waals surface area contributed by atoms with Crippen LogP contribution in [0.2, 0.25) is 15.1 Å². The number of carbonyl (C=O) groups is 1. The number of halogens is 6. The molecule has 1 atom stereocenters. The molecule has 0 aliphatic carbocycles. The number of rotatable bonds is 4. The van der Waals surface area contributed by atoms with E-state index in [0.717, 1.165) is 10.2 Å². The van der Waals surface area contributed by atoms with Crippen LogP contribution in [-0.2, 0) is 17.5 Å². The van der Waals surface area contributed by atoms with Gasteiger partial charge in [0.15, 0.2) is 5.69 Å². The highest BCUT2D eigenvalue weighted by atomic mass is 35.5. The van der Waals surface area contributed by atoms with Crippen LogP contribution in [0.1, 0.15) is 29.9 Å². The Morgan fingerprint density at radius 3 is 2.33 bits per heavy atom. The number of aromatic nitrogens is 2. The van der Waals surface area contributed by atoms with Crippen molar-refractivity contribution in [2.75, 3.05) is 26.2 Å². The van der Waals surface area contributed by atoms with Gasteiger partial charge in [-0.15, -0.1) is 0 Å². The zero-order valence-electron chi connectivity index (χ0n) is 16.3. The number of alkyl halides is 3. The van der Waals surface area contributed by atoms with Gasteiger partial charge in [-0.1, -0.05) is 40.9 Å². The van der Waals surface area contributed by atoms with Crippen molar-refractivity contribution in [1.29, 1.82) is 0 Å². The molecule has 1 saturated heterocycles. The predicted molar refractivity (Wildman–Crippen MR) is 110 cm³/mol. The van der Waals surface area contributed by atoms with E-state index in [0.29, 0.717) is 42.8 Å². The van der Waals surface area contributed by atoms with Gasteiger partial charge in [-0.25, -0.2) is 0 Å². The van der Waals surface area contributed by atoms with Crippen molar-refractivity contribution in [1.82, 2.24) is 19.6 Å². The minimum atomic E-state index is -4.68. The maximum absolute atomic E-state index is 13.1. The second kappa shape index (κ2) is 8.94. The van der Waals surface area contributed by atoms with Gasteiger partial charge in [-0.2, -0.15) is 18.3 Å². The topological polar surface area (TPSA) is 41.4 Å². The molecule has 11 heteroatoms. The Bertz CT molecular complexity index is 940. The lowest BCUT2D eigenvalue weighted by Crippen LogP contribution is -2.50. The molecule has 1 amide bonds. The van der Waals surface area contributed by atoms with Crippen LogP contribution in [0.25, 0.3) is 0 Å². The van der Waals surface area contributed by atoms with Gasteiger partial charge in [0.2, 0.25) is 5.91 Å². The van der Waals surface area contributed by atoms with Crippen molar-refractivity contribution in [2.24, 2.45) is 0 Å². The van der Waals surface area contributed by atoms with Crippen molar-refractivity contribution in [3.63, 3.8) is 0 Å².